The number of imidazole rings is 1. The van der Waals surface area contributed by atoms with E-state index in [-0.39, 0.29) is 0 Å². The molecule has 72 valence electrons. The molecule has 0 amide bonds. The van der Waals surface area contributed by atoms with Crippen LogP contribution in [-0.4, -0.2) is 9.55 Å². The maximum atomic E-state index is 4.18. The van der Waals surface area contributed by atoms with Crippen molar-refractivity contribution in [3.05, 3.63) is 52.1 Å². The molecule has 0 fully saturated rings. The van der Waals surface area contributed by atoms with Gasteiger partial charge in [-0.25, -0.2) is 4.98 Å². The predicted molar refractivity (Wildman–Crippen MR) is 65.1 cm³/mol. The van der Waals surface area contributed by atoms with Gasteiger partial charge in [-0.3, -0.25) is 0 Å². The summed E-state index contributed by atoms with van der Waals surface area (Å²) in [7, 11) is 0. The maximum Gasteiger partial charge on any atom is 0.119 e. The number of aromatic nitrogens is 2. The first kappa shape index (κ1) is 9.71. The second-order valence-electron chi connectivity index (χ2n) is 3.17. The van der Waals surface area contributed by atoms with Crippen molar-refractivity contribution in [3.63, 3.8) is 0 Å². The fraction of sp³-hybridized carbons (Fsp3) is 0.182. The summed E-state index contributed by atoms with van der Waals surface area (Å²) in [5, 5.41) is 0. The largest absolute Gasteiger partial charge is 0.336 e. The van der Waals surface area contributed by atoms with E-state index in [4.69, 9.17) is 0 Å². The average Bonchev–Trinajstić information content (AvgIpc) is 2.63. The van der Waals surface area contributed by atoms with Crippen LogP contribution in [0.1, 0.15) is 5.56 Å². The highest BCUT2D eigenvalue weighted by molar-refractivity contribution is 14.1. The predicted octanol–water partition coefficient (Wildman–Crippen LogP) is 2.73. The number of halogens is 1. The molecule has 0 N–H and O–H groups in total. The SMILES string of the molecule is Ic1cn(CCc2ccccc2)cn1. The third kappa shape index (κ3) is 2.57. The molecule has 2 rings (SSSR count). The van der Waals surface area contributed by atoms with Crippen molar-refractivity contribution in [2.75, 3.05) is 0 Å². The quantitative estimate of drug-likeness (QED) is 0.797. The molecule has 14 heavy (non-hydrogen) atoms. The average molecular weight is 298 g/mol. The lowest BCUT2D eigenvalue weighted by Gasteiger charge is -2.01. The zero-order valence-corrected chi connectivity index (χ0v) is 9.89. The van der Waals surface area contributed by atoms with Crippen molar-refractivity contribution >= 4 is 22.6 Å². The molecule has 0 atom stereocenters. The Morgan fingerprint density at radius 2 is 2.00 bits per heavy atom. The van der Waals surface area contributed by atoms with Gasteiger partial charge in [-0.15, -0.1) is 0 Å². The Morgan fingerprint density at radius 1 is 1.21 bits per heavy atom. The third-order valence-corrected chi connectivity index (χ3v) is 2.66. The molecule has 0 saturated heterocycles. The van der Waals surface area contributed by atoms with Gasteiger partial charge in [0.1, 0.15) is 3.70 Å². The van der Waals surface area contributed by atoms with E-state index >= 15 is 0 Å². The lowest BCUT2D eigenvalue weighted by atomic mass is 10.1. The Bertz CT molecular complexity index is 395. The van der Waals surface area contributed by atoms with Crippen molar-refractivity contribution in [2.45, 2.75) is 13.0 Å². The molecule has 0 aliphatic rings. The molecule has 2 aromatic rings. The summed E-state index contributed by atoms with van der Waals surface area (Å²) in [6, 6.07) is 10.5. The highest BCUT2D eigenvalue weighted by Gasteiger charge is 1.95. The van der Waals surface area contributed by atoms with Crippen LogP contribution >= 0.6 is 22.6 Å². The van der Waals surface area contributed by atoms with Gasteiger partial charge in [0.25, 0.3) is 0 Å². The van der Waals surface area contributed by atoms with Crippen LogP contribution in [0.15, 0.2) is 42.9 Å². The first-order valence-electron chi connectivity index (χ1n) is 4.56. The number of hydrogen-bond donors (Lipinski definition) is 0. The van der Waals surface area contributed by atoms with Crippen LogP contribution in [0, 0.1) is 3.70 Å². The summed E-state index contributed by atoms with van der Waals surface area (Å²) in [4.78, 5) is 4.18. The lowest BCUT2D eigenvalue weighted by molar-refractivity contribution is 0.695. The van der Waals surface area contributed by atoms with Crippen LogP contribution in [0.2, 0.25) is 0 Å². The first-order chi connectivity index (χ1) is 6.84. The third-order valence-electron chi connectivity index (χ3n) is 2.10. The van der Waals surface area contributed by atoms with Gasteiger partial charge in [0.15, 0.2) is 0 Å². The zero-order chi connectivity index (χ0) is 9.80. The summed E-state index contributed by atoms with van der Waals surface area (Å²) in [5.74, 6) is 0. The van der Waals surface area contributed by atoms with Gasteiger partial charge in [0.2, 0.25) is 0 Å². The van der Waals surface area contributed by atoms with Crippen LogP contribution in [-0.2, 0) is 13.0 Å². The molecule has 0 aliphatic heterocycles. The monoisotopic (exact) mass is 298 g/mol. The number of nitrogens with zero attached hydrogens (tertiary/aromatic N) is 2. The summed E-state index contributed by atoms with van der Waals surface area (Å²) in [6.07, 6.45) is 5.00. The van der Waals surface area contributed by atoms with E-state index in [0.29, 0.717) is 0 Å². The Morgan fingerprint density at radius 3 is 2.64 bits per heavy atom. The summed E-state index contributed by atoms with van der Waals surface area (Å²) in [5.41, 5.74) is 1.37. The maximum absolute atomic E-state index is 4.18. The Kier molecular flexibility index (Phi) is 3.18. The minimum absolute atomic E-state index is 1.00. The summed E-state index contributed by atoms with van der Waals surface area (Å²) in [6.45, 7) is 1.00. The molecular weight excluding hydrogens is 287 g/mol. The van der Waals surface area contributed by atoms with Crippen LogP contribution in [0.4, 0.5) is 0 Å². The smallest absolute Gasteiger partial charge is 0.119 e. The Balaban J connectivity index is 1.95. The molecule has 0 unspecified atom stereocenters. The van der Waals surface area contributed by atoms with Crippen molar-refractivity contribution in [2.24, 2.45) is 0 Å². The van der Waals surface area contributed by atoms with Crippen molar-refractivity contribution < 1.29 is 0 Å². The molecule has 0 spiro atoms. The van der Waals surface area contributed by atoms with Gasteiger partial charge >= 0.3 is 0 Å². The molecule has 1 aromatic heterocycles. The molecule has 0 radical (unpaired) electrons. The van der Waals surface area contributed by atoms with Crippen LogP contribution in [0.25, 0.3) is 0 Å². The van der Waals surface area contributed by atoms with E-state index < -0.39 is 0 Å². The summed E-state index contributed by atoms with van der Waals surface area (Å²) < 4.78 is 3.17. The topological polar surface area (TPSA) is 17.8 Å². The van der Waals surface area contributed by atoms with Gasteiger partial charge in [0.05, 0.1) is 6.33 Å². The molecule has 1 heterocycles. The molecule has 0 bridgehead atoms. The van der Waals surface area contributed by atoms with Gasteiger partial charge in [-0.1, -0.05) is 30.3 Å². The van der Waals surface area contributed by atoms with Crippen molar-refractivity contribution in [1.82, 2.24) is 9.55 Å². The number of aryl methyl sites for hydroxylation is 2. The van der Waals surface area contributed by atoms with Crippen LogP contribution in [0.5, 0.6) is 0 Å². The molecular formula is C11H11IN2. The Labute approximate surface area is 97.1 Å². The van der Waals surface area contributed by atoms with E-state index in [1.165, 1.54) is 5.56 Å². The molecule has 2 nitrogen and oxygen atoms in total. The van der Waals surface area contributed by atoms with Crippen molar-refractivity contribution in [1.29, 1.82) is 0 Å². The minimum atomic E-state index is 1.00. The minimum Gasteiger partial charge on any atom is -0.336 e. The Hall–Kier alpha value is -0.840. The molecule has 0 saturated carbocycles. The van der Waals surface area contributed by atoms with Gasteiger partial charge in [0, 0.05) is 12.7 Å². The second-order valence-corrected chi connectivity index (χ2v) is 4.28. The summed E-state index contributed by atoms with van der Waals surface area (Å²) >= 11 is 2.22. The number of rotatable bonds is 3. The number of hydrogen-bond acceptors (Lipinski definition) is 1. The van der Waals surface area contributed by atoms with E-state index in [0.717, 1.165) is 16.7 Å². The fourth-order valence-corrected chi connectivity index (χ4v) is 1.84. The normalized spacial score (nSPS) is 10.4. The van der Waals surface area contributed by atoms with Crippen molar-refractivity contribution in [3.8, 4) is 0 Å². The highest BCUT2D eigenvalue weighted by Crippen LogP contribution is 2.04. The van der Waals surface area contributed by atoms with Gasteiger partial charge in [-0.2, -0.15) is 0 Å². The van der Waals surface area contributed by atoms with Gasteiger partial charge in [-0.05, 0) is 34.6 Å². The second kappa shape index (κ2) is 4.59. The number of benzene rings is 1. The molecule has 1 aromatic carbocycles. The van der Waals surface area contributed by atoms with Crippen LogP contribution in [0.3, 0.4) is 0 Å². The van der Waals surface area contributed by atoms with E-state index in [1.807, 2.05) is 12.4 Å². The van der Waals surface area contributed by atoms with Crippen LogP contribution < -0.4 is 0 Å². The molecule has 3 heteroatoms. The lowest BCUT2D eigenvalue weighted by Crippen LogP contribution is -1.97. The molecule has 0 aliphatic carbocycles. The standard InChI is InChI=1S/C11H11IN2/c12-11-8-14(9-13-11)7-6-10-4-2-1-3-5-10/h1-5,8-9H,6-7H2. The first-order valence-corrected chi connectivity index (χ1v) is 5.64. The van der Waals surface area contributed by atoms with Gasteiger partial charge < -0.3 is 4.57 Å². The van der Waals surface area contributed by atoms with E-state index in [1.54, 1.807) is 0 Å². The van der Waals surface area contributed by atoms with E-state index in [9.17, 15) is 0 Å². The zero-order valence-electron chi connectivity index (χ0n) is 7.73. The fourth-order valence-electron chi connectivity index (χ4n) is 1.36. The van der Waals surface area contributed by atoms with E-state index in [2.05, 4.69) is 62.6 Å². The highest BCUT2D eigenvalue weighted by atomic mass is 127.